The normalized spacial score (nSPS) is 11.3. The monoisotopic (exact) mass is 525 g/mol. The van der Waals surface area contributed by atoms with Gasteiger partial charge in [-0.25, -0.2) is 0 Å². The first-order chi connectivity index (χ1) is 16.8. The SMILES string of the molecule is CC(C)NCc1ccc(CSCCNC(=C[N+](=O)[O-])NCCSCc2ccc(CNC(C)C)o2)o1. The second-order valence-corrected chi connectivity index (χ2v) is 10.8. The van der Waals surface area contributed by atoms with Gasteiger partial charge >= 0.3 is 0 Å². The van der Waals surface area contributed by atoms with Gasteiger partial charge in [-0.3, -0.25) is 10.1 Å². The van der Waals surface area contributed by atoms with E-state index >= 15 is 0 Å². The summed E-state index contributed by atoms with van der Waals surface area (Å²) in [5.74, 6) is 7.31. The highest BCUT2D eigenvalue weighted by Gasteiger charge is 2.06. The molecule has 0 saturated carbocycles. The molecule has 0 fully saturated rings. The lowest BCUT2D eigenvalue weighted by Gasteiger charge is -2.11. The van der Waals surface area contributed by atoms with Gasteiger partial charge in [0.1, 0.15) is 23.0 Å². The quantitative estimate of drug-likeness (QED) is 0.120. The van der Waals surface area contributed by atoms with Crippen LogP contribution in [-0.4, -0.2) is 41.6 Å². The first-order valence-corrected chi connectivity index (χ1v) is 14.2. The van der Waals surface area contributed by atoms with Gasteiger partial charge < -0.3 is 30.1 Å². The Morgan fingerprint density at radius 3 is 1.69 bits per heavy atom. The predicted octanol–water partition coefficient (Wildman–Crippen LogP) is 4.29. The molecule has 0 saturated heterocycles. The average Bonchev–Trinajstić information content (AvgIpc) is 3.44. The van der Waals surface area contributed by atoms with Crippen molar-refractivity contribution in [3.63, 3.8) is 0 Å². The van der Waals surface area contributed by atoms with Gasteiger partial charge in [0.2, 0.25) is 0 Å². The van der Waals surface area contributed by atoms with Gasteiger partial charge in [-0.2, -0.15) is 23.5 Å². The minimum atomic E-state index is -0.444. The fourth-order valence-corrected chi connectivity index (χ4v) is 4.41. The maximum absolute atomic E-state index is 11.0. The van der Waals surface area contributed by atoms with E-state index in [0.29, 0.717) is 31.0 Å². The van der Waals surface area contributed by atoms with E-state index in [1.54, 1.807) is 23.5 Å². The van der Waals surface area contributed by atoms with Crippen LogP contribution in [0.2, 0.25) is 0 Å². The molecule has 2 heterocycles. The highest BCUT2D eigenvalue weighted by molar-refractivity contribution is 7.98. The van der Waals surface area contributed by atoms with Gasteiger partial charge in [0.25, 0.3) is 6.20 Å². The van der Waals surface area contributed by atoms with Crippen molar-refractivity contribution >= 4 is 23.5 Å². The Morgan fingerprint density at radius 2 is 1.29 bits per heavy atom. The summed E-state index contributed by atoms with van der Waals surface area (Å²) < 4.78 is 11.6. The second-order valence-electron chi connectivity index (χ2n) is 8.59. The molecule has 2 aromatic heterocycles. The van der Waals surface area contributed by atoms with Crippen LogP contribution >= 0.6 is 23.5 Å². The maximum Gasteiger partial charge on any atom is 0.274 e. The molecule has 0 aliphatic rings. The number of nitrogens with one attached hydrogen (secondary N) is 4. The van der Waals surface area contributed by atoms with Crippen molar-refractivity contribution in [1.82, 2.24) is 21.3 Å². The molecule has 9 nitrogen and oxygen atoms in total. The minimum absolute atomic E-state index is 0.416. The molecule has 0 atom stereocenters. The van der Waals surface area contributed by atoms with E-state index in [-0.39, 0.29) is 0 Å². The molecule has 35 heavy (non-hydrogen) atoms. The number of hydrogen-bond donors (Lipinski definition) is 4. The molecule has 0 aliphatic heterocycles. The van der Waals surface area contributed by atoms with Crippen molar-refractivity contribution in [3.8, 4) is 0 Å². The van der Waals surface area contributed by atoms with Crippen molar-refractivity contribution in [2.24, 2.45) is 0 Å². The molecule has 0 bridgehead atoms. The van der Waals surface area contributed by atoms with E-state index in [1.165, 1.54) is 0 Å². The van der Waals surface area contributed by atoms with Crippen molar-refractivity contribution in [3.05, 3.63) is 69.4 Å². The Kier molecular flexibility index (Phi) is 13.8. The molecule has 0 radical (unpaired) electrons. The second kappa shape index (κ2) is 16.6. The molecular formula is C24H39N5O4S2. The number of hydrogen-bond acceptors (Lipinski definition) is 10. The van der Waals surface area contributed by atoms with Crippen molar-refractivity contribution < 1.29 is 13.8 Å². The van der Waals surface area contributed by atoms with Gasteiger partial charge in [0.05, 0.1) is 29.5 Å². The Balaban J connectivity index is 1.60. The van der Waals surface area contributed by atoms with Gasteiger partial charge in [0, 0.05) is 36.7 Å². The van der Waals surface area contributed by atoms with Crippen LogP contribution in [-0.2, 0) is 24.6 Å². The standard InChI is InChI=1S/C24H39N5O4S2/c1-18(2)27-13-20-5-7-22(32-20)16-34-11-9-25-24(15-29(30)31)26-10-12-35-17-23-8-6-21(33-23)14-28-19(3)4/h5-8,15,18-19,25-28H,9-14,16-17H2,1-4H3. The van der Waals surface area contributed by atoms with E-state index < -0.39 is 4.92 Å². The van der Waals surface area contributed by atoms with Crippen molar-refractivity contribution in [2.45, 2.75) is 64.4 Å². The topological polar surface area (TPSA) is 118 Å². The molecular weight excluding hydrogens is 486 g/mol. The summed E-state index contributed by atoms with van der Waals surface area (Å²) >= 11 is 3.44. The summed E-state index contributed by atoms with van der Waals surface area (Å²) in [7, 11) is 0. The molecule has 4 N–H and O–H groups in total. The lowest BCUT2D eigenvalue weighted by molar-refractivity contribution is -0.404. The number of thioether (sulfide) groups is 2. The summed E-state index contributed by atoms with van der Waals surface area (Å²) in [6.45, 7) is 11.1. The first-order valence-electron chi connectivity index (χ1n) is 11.9. The molecule has 2 rings (SSSR count). The highest BCUT2D eigenvalue weighted by atomic mass is 32.2. The van der Waals surface area contributed by atoms with Crippen LogP contribution in [0.5, 0.6) is 0 Å². The van der Waals surface area contributed by atoms with Gasteiger partial charge in [0.15, 0.2) is 5.82 Å². The summed E-state index contributed by atoms with van der Waals surface area (Å²) in [6, 6.07) is 8.83. The van der Waals surface area contributed by atoms with Crippen molar-refractivity contribution in [1.29, 1.82) is 0 Å². The van der Waals surface area contributed by atoms with Gasteiger partial charge in [-0.1, -0.05) is 27.7 Å². The highest BCUT2D eigenvalue weighted by Crippen LogP contribution is 2.16. The lowest BCUT2D eigenvalue weighted by Crippen LogP contribution is -2.30. The molecule has 2 aromatic rings. The fraction of sp³-hybridized carbons (Fsp3) is 0.583. The largest absolute Gasteiger partial charge is 0.464 e. The smallest absolute Gasteiger partial charge is 0.274 e. The minimum Gasteiger partial charge on any atom is -0.464 e. The summed E-state index contributed by atoms with van der Waals surface area (Å²) in [5.41, 5.74) is 0. The zero-order chi connectivity index (χ0) is 25.5. The van der Waals surface area contributed by atoms with Crippen LogP contribution in [0.3, 0.4) is 0 Å². The zero-order valence-corrected chi connectivity index (χ0v) is 22.7. The van der Waals surface area contributed by atoms with Crippen molar-refractivity contribution in [2.75, 3.05) is 24.6 Å². The van der Waals surface area contributed by atoms with Crippen LogP contribution in [0.25, 0.3) is 0 Å². The summed E-state index contributed by atoms with van der Waals surface area (Å²) in [6.07, 6.45) is 0.983. The third-order valence-electron chi connectivity index (χ3n) is 4.65. The summed E-state index contributed by atoms with van der Waals surface area (Å²) in [5, 5.41) is 23.9. The Labute approximate surface area is 216 Å². The van der Waals surface area contributed by atoms with E-state index in [4.69, 9.17) is 8.83 Å². The first kappa shape index (κ1) is 29.2. The molecule has 0 amide bonds. The zero-order valence-electron chi connectivity index (χ0n) is 21.1. The van der Waals surface area contributed by atoms with Crippen LogP contribution in [0.1, 0.15) is 50.7 Å². The van der Waals surface area contributed by atoms with Crippen LogP contribution in [0.4, 0.5) is 0 Å². The molecule has 0 unspecified atom stereocenters. The number of nitro groups is 1. The Hall–Kier alpha value is -2.08. The Bertz CT molecular complexity index is 836. The third-order valence-corrected chi connectivity index (χ3v) is 6.61. The number of rotatable bonds is 19. The lowest BCUT2D eigenvalue weighted by atomic mass is 10.3. The third kappa shape index (κ3) is 13.6. The van der Waals surface area contributed by atoms with Gasteiger partial charge in [-0.05, 0) is 24.3 Å². The average molecular weight is 526 g/mol. The van der Waals surface area contributed by atoms with Crippen LogP contribution in [0, 0.1) is 10.1 Å². The van der Waals surface area contributed by atoms with Gasteiger partial charge in [-0.15, -0.1) is 0 Å². The number of nitrogens with zero attached hydrogens (tertiary/aromatic N) is 1. The molecule has 0 aliphatic carbocycles. The van der Waals surface area contributed by atoms with Crippen LogP contribution in [0.15, 0.2) is 45.1 Å². The van der Waals surface area contributed by atoms with E-state index in [9.17, 15) is 10.1 Å². The van der Waals surface area contributed by atoms with E-state index in [1.807, 2.05) is 24.3 Å². The van der Waals surface area contributed by atoms with E-state index in [2.05, 4.69) is 49.0 Å². The Morgan fingerprint density at radius 1 is 0.857 bits per heavy atom. The molecule has 0 spiro atoms. The van der Waals surface area contributed by atoms with E-state index in [0.717, 1.165) is 65.3 Å². The molecule has 11 heteroatoms. The maximum atomic E-state index is 11.0. The fourth-order valence-electron chi connectivity index (χ4n) is 2.92. The molecule has 0 aromatic carbocycles. The predicted molar refractivity (Wildman–Crippen MR) is 145 cm³/mol. The number of furan rings is 2. The van der Waals surface area contributed by atoms with Crippen LogP contribution < -0.4 is 21.3 Å². The summed E-state index contributed by atoms with van der Waals surface area (Å²) in [4.78, 5) is 10.5. The molecule has 196 valence electrons.